The van der Waals surface area contributed by atoms with E-state index in [2.05, 4.69) is 107 Å². The van der Waals surface area contributed by atoms with Gasteiger partial charge in [-0.1, -0.05) is 47.3 Å². The van der Waals surface area contributed by atoms with Gasteiger partial charge in [0.1, 0.15) is 5.22 Å². The Balaban J connectivity index is 3.62. The Bertz CT molecular complexity index is 836. The highest BCUT2D eigenvalue weighted by atomic mass is 32.2. The molecule has 0 radical (unpaired) electrons. The monoisotopic (exact) mass is 730 g/mol. The number of rotatable bonds is 14. The van der Waals surface area contributed by atoms with Crippen LogP contribution in [0, 0.1) is 0 Å². The van der Waals surface area contributed by atoms with Gasteiger partial charge in [0.2, 0.25) is 9.04 Å². The number of hydrogen-bond acceptors (Lipinski definition) is 8. The summed E-state index contributed by atoms with van der Waals surface area (Å²) in [5.74, 6) is 4.17. The molecule has 0 spiro atoms. The van der Waals surface area contributed by atoms with Crippen LogP contribution in [-0.4, -0.2) is 100 Å². The van der Waals surface area contributed by atoms with E-state index in [0.29, 0.717) is 13.2 Å². The average molecular weight is 731 g/mol. The van der Waals surface area contributed by atoms with E-state index < -0.39 is 53.0 Å². The van der Waals surface area contributed by atoms with Gasteiger partial charge in [-0.25, -0.2) is 0 Å². The summed E-state index contributed by atoms with van der Waals surface area (Å²) >= 11 is 3.93. The van der Waals surface area contributed by atoms with Crippen LogP contribution in [0.25, 0.3) is 0 Å². The molecule has 0 amide bonds. The van der Waals surface area contributed by atoms with Crippen molar-refractivity contribution in [2.75, 3.05) is 36.2 Å². The molecule has 1 fully saturated rings. The van der Waals surface area contributed by atoms with Crippen LogP contribution in [0.1, 0.15) is 74.1 Å². The maximum Gasteiger partial charge on any atom is 0.359 e. The molecule has 1 aliphatic heterocycles. The zero-order valence-corrected chi connectivity index (χ0v) is 37.8. The van der Waals surface area contributed by atoms with Crippen molar-refractivity contribution in [1.29, 1.82) is 0 Å². The lowest BCUT2D eigenvalue weighted by Gasteiger charge is -2.53. The van der Waals surface area contributed by atoms with E-state index in [-0.39, 0.29) is 11.0 Å². The fourth-order valence-electron chi connectivity index (χ4n) is 5.66. The Morgan fingerprint density at radius 3 is 1.60 bits per heavy atom. The number of ether oxygens (including phenoxy) is 1. The summed E-state index contributed by atoms with van der Waals surface area (Å²) in [5.41, 5.74) is 0.0590. The van der Waals surface area contributed by atoms with Gasteiger partial charge in [-0.3, -0.25) is 0 Å². The molecule has 1 rings (SSSR count). The minimum Gasteiger partial charge on any atom is -0.415 e. The summed E-state index contributed by atoms with van der Waals surface area (Å²) in [4.78, 5) is 0. The molecular formula is C30H70O6S2Si5. The van der Waals surface area contributed by atoms with Crippen LogP contribution >= 0.6 is 23.5 Å². The molecule has 6 nitrogen and oxygen atoms in total. The van der Waals surface area contributed by atoms with Gasteiger partial charge in [0, 0.05) is 41.4 Å². The molecule has 0 N–H and O–H groups in total. The molecular weight excluding hydrogens is 661 g/mol. The van der Waals surface area contributed by atoms with Gasteiger partial charge in [-0.15, -0.1) is 0 Å². The predicted molar refractivity (Wildman–Crippen MR) is 204 cm³/mol. The summed E-state index contributed by atoms with van der Waals surface area (Å²) < 4.78 is 42.9. The van der Waals surface area contributed by atoms with E-state index in [1.807, 2.05) is 23.5 Å². The first-order valence-corrected chi connectivity index (χ1v) is 32.9. The second kappa shape index (κ2) is 17.3. The number of hydrogen-bond donors (Lipinski definition) is 0. The maximum atomic E-state index is 7.57. The van der Waals surface area contributed by atoms with E-state index in [1.54, 1.807) is 0 Å². The standard InChI is InChI=1S/C30H70O6S2Si5/c1-17-27(39(8)34-29(6,19-3)40(9,10)11)33-28(5,18-2)42(15)31-21-23-37-25-26-38-24-22-32-43(16,36-42)30(7,20-4)35-41(12,13)14/h27,39H,17-26H2,1-16H3/t27?,28?,29-,30?,39?,42?,43?/m0/s1. The van der Waals surface area contributed by atoms with Crippen LogP contribution in [0.3, 0.4) is 0 Å². The van der Waals surface area contributed by atoms with Crippen LogP contribution < -0.4 is 0 Å². The largest absolute Gasteiger partial charge is 0.415 e. The van der Waals surface area contributed by atoms with E-state index >= 15 is 0 Å². The third kappa shape index (κ3) is 11.6. The molecule has 0 aromatic carbocycles. The molecule has 0 bridgehead atoms. The Hall–Kier alpha value is 1.54. The summed E-state index contributed by atoms with van der Waals surface area (Å²) in [6.07, 6.45) is 3.59. The molecule has 0 saturated carbocycles. The molecule has 0 aliphatic carbocycles. The average Bonchev–Trinajstić information content (AvgIpc) is 2.91. The highest BCUT2D eigenvalue weighted by molar-refractivity contribution is 8.02. The third-order valence-electron chi connectivity index (χ3n) is 9.82. The first kappa shape index (κ1) is 42.6. The Morgan fingerprint density at radius 1 is 0.767 bits per heavy atom. The van der Waals surface area contributed by atoms with E-state index in [0.717, 1.165) is 48.7 Å². The van der Waals surface area contributed by atoms with Gasteiger partial charge < -0.3 is 26.6 Å². The Morgan fingerprint density at radius 2 is 1.23 bits per heavy atom. The lowest BCUT2D eigenvalue weighted by Crippen LogP contribution is -2.73. The van der Waals surface area contributed by atoms with Crippen molar-refractivity contribution >= 4 is 66.1 Å². The summed E-state index contributed by atoms with van der Waals surface area (Å²) in [5, 5.41) is -1.15. The Kier molecular flexibility index (Phi) is 17.1. The molecule has 1 heterocycles. The number of thioether (sulfide) groups is 2. The van der Waals surface area contributed by atoms with Crippen LogP contribution in [0.5, 0.6) is 0 Å². The van der Waals surface area contributed by atoms with Crippen LogP contribution in [0.2, 0.25) is 58.9 Å². The maximum absolute atomic E-state index is 7.57. The van der Waals surface area contributed by atoms with Gasteiger partial charge >= 0.3 is 17.1 Å². The van der Waals surface area contributed by atoms with Crippen LogP contribution in [0.4, 0.5) is 0 Å². The zero-order valence-electron chi connectivity index (χ0n) is 31.0. The van der Waals surface area contributed by atoms with E-state index in [4.69, 9.17) is 26.6 Å². The topological polar surface area (TPSA) is 55.4 Å². The fraction of sp³-hybridized carbons (Fsp3) is 1.00. The van der Waals surface area contributed by atoms with Crippen molar-refractivity contribution in [1.82, 2.24) is 0 Å². The van der Waals surface area contributed by atoms with Crippen molar-refractivity contribution in [3.05, 3.63) is 0 Å². The quantitative estimate of drug-likeness (QED) is 0.165. The highest BCUT2D eigenvalue weighted by Crippen LogP contribution is 2.41. The lowest BCUT2D eigenvalue weighted by atomic mass is 10.3. The minimum atomic E-state index is -3.04. The van der Waals surface area contributed by atoms with Crippen molar-refractivity contribution < 1.29 is 26.6 Å². The molecule has 0 aromatic rings. The van der Waals surface area contributed by atoms with Gasteiger partial charge in [0.25, 0.3) is 0 Å². The molecule has 0 aromatic heterocycles. The minimum absolute atomic E-state index is 0.0590. The van der Waals surface area contributed by atoms with Crippen molar-refractivity contribution in [3.63, 3.8) is 0 Å². The third-order valence-corrected chi connectivity index (χ3v) is 29.1. The lowest BCUT2D eigenvalue weighted by molar-refractivity contribution is -0.0458. The second-order valence-electron chi connectivity index (χ2n) is 15.0. The molecule has 13 heteroatoms. The summed E-state index contributed by atoms with van der Waals surface area (Å²) in [7, 11) is -11.2. The molecule has 43 heavy (non-hydrogen) atoms. The second-order valence-corrected chi connectivity index (χ2v) is 37.1. The molecule has 6 unspecified atom stereocenters. The van der Waals surface area contributed by atoms with Gasteiger partial charge in [-0.2, -0.15) is 23.5 Å². The van der Waals surface area contributed by atoms with Gasteiger partial charge in [-0.05, 0) is 85.7 Å². The molecule has 7 atom stereocenters. The van der Waals surface area contributed by atoms with Crippen molar-refractivity contribution in [2.45, 2.75) is 154 Å². The van der Waals surface area contributed by atoms with E-state index in [9.17, 15) is 0 Å². The van der Waals surface area contributed by atoms with Crippen LogP contribution in [0.15, 0.2) is 0 Å². The highest BCUT2D eigenvalue weighted by Gasteiger charge is 2.62. The normalized spacial score (nSPS) is 29.6. The van der Waals surface area contributed by atoms with Crippen molar-refractivity contribution in [3.8, 4) is 0 Å². The van der Waals surface area contributed by atoms with Gasteiger partial charge in [0.15, 0.2) is 8.32 Å². The molecule has 258 valence electrons. The summed E-state index contributed by atoms with van der Waals surface area (Å²) in [6.45, 7) is 38.0. The first-order valence-electron chi connectivity index (χ1n) is 16.8. The zero-order chi connectivity index (χ0) is 33.4. The van der Waals surface area contributed by atoms with Gasteiger partial charge in [0.05, 0.1) is 19.0 Å². The molecule has 1 saturated heterocycles. The van der Waals surface area contributed by atoms with Crippen LogP contribution in [-0.2, 0) is 26.6 Å². The van der Waals surface area contributed by atoms with E-state index in [1.165, 1.54) is 0 Å². The first-order chi connectivity index (χ1) is 19.6. The van der Waals surface area contributed by atoms with Crippen molar-refractivity contribution in [2.24, 2.45) is 0 Å². The predicted octanol–water partition coefficient (Wildman–Crippen LogP) is 8.68. The summed E-state index contributed by atoms with van der Waals surface area (Å²) in [6, 6.07) is 0. The SMILES string of the molecule is CCC(OC(C)(CC)[Si]1(C)OCCSCCSCCO[Si](C)(C(C)(CC)O[Si](C)(C)C)O1)[SiH](C)O[C@](C)(CC)[Si](C)(C)C. The fourth-order valence-corrected chi connectivity index (χ4v) is 24.7. The smallest absolute Gasteiger partial charge is 0.359 e. The molecule has 1 aliphatic rings. The Labute approximate surface area is 281 Å².